The van der Waals surface area contributed by atoms with Gasteiger partial charge in [0, 0.05) is 4.88 Å². The lowest BCUT2D eigenvalue weighted by atomic mass is 9.99. The molecule has 0 spiro atoms. The average molecular weight is 409 g/mol. The first-order chi connectivity index (χ1) is 12.6. The summed E-state index contributed by atoms with van der Waals surface area (Å²) in [5, 5.41) is 5.21. The molecule has 2 atom stereocenters. The Kier molecular flexibility index (Phi) is 5.83. The van der Waals surface area contributed by atoms with Crippen LogP contribution in [0.15, 0.2) is 35.7 Å². The third kappa shape index (κ3) is 5.03. The average Bonchev–Trinajstić information content (AvgIpc) is 3.13. The molecule has 2 nitrogen and oxygen atoms in total. The quantitative estimate of drug-likeness (QED) is 0.645. The fourth-order valence-electron chi connectivity index (χ4n) is 3.10. The van der Waals surface area contributed by atoms with E-state index in [9.17, 15) is 26.3 Å². The van der Waals surface area contributed by atoms with Crippen molar-refractivity contribution >= 4 is 11.3 Å². The first kappa shape index (κ1) is 20.2. The van der Waals surface area contributed by atoms with E-state index in [0.29, 0.717) is 18.6 Å². The van der Waals surface area contributed by atoms with Crippen molar-refractivity contribution in [2.75, 3.05) is 6.54 Å². The summed E-state index contributed by atoms with van der Waals surface area (Å²) in [6, 6.07) is 5.25. The maximum Gasteiger partial charge on any atom is 0.416 e. The smallest absolute Gasteiger partial charge is 0.372 e. The van der Waals surface area contributed by atoms with Crippen LogP contribution in [0.4, 0.5) is 26.3 Å². The zero-order chi connectivity index (χ0) is 19.7. The second-order valence-corrected chi connectivity index (χ2v) is 7.33. The van der Waals surface area contributed by atoms with Crippen molar-refractivity contribution in [3.8, 4) is 0 Å². The van der Waals surface area contributed by atoms with Crippen LogP contribution in [0.1, 0.15) is 40.5 Å². The van der Waals surface area contributed by atoms with Crippen molar-refractivity contribution in [1.82, 2.24) is 5.32 Å². The monoisotopic (exact) mass is 409 g/mol. The Morgan fingerprint density at radius 1 is 1.04 bits per heavy atom. The van der Waals surface area contributed by atoms with Gasteiger partial charge in [0.2, 0.25) is 0 Å². The van der Waals surface area contributed by atoms with E-state index in [-0.39, 0.29) is 30.4 Å². The van der Waals surface area contributed by atoms with Crippen LogP contribution in [0.25, 0.3) is 0 Å². The number of piperidine rings is 1. The van der Waals surface area contributed by atoms with Gasteiger partial charge in [0.1, 0.15) is 0 Å². The number of alkyl halides is 6. The molecular formula is C18H17F6NOS. The van der Waals surface area contributed by atoms with Gasteiger partial charge in [-0.2, -0.15) is 26.3 Å². The van der Waals surface area contributed by atoms with E-state index >= 15 is 0 Å². The highest BCUT2D eigenvalue weighted by Gasteiger charge is 2.37. The molecule has 1 aliphatic rings. The van der Waals surface area contributed by atoms with E-state index in [4.69, 9.17) is 4.74 Å². The molecular weight excluding hydrogens is 392 g/mol. The van der Waals surface area contributed by atoms with Crippen LogP contribution in [0.2, 0.25) is 0 Å². The molecule has 2 aromatic rings. The minimum Gasteiger partial charge on any atom is -0.372 e. The van der Waals surface area contributed by atoms with Crippen molar-refractivity contribution < 1.29 is 31.1 Å². The second-order valence-electron chi connectivity index (χ2n) is 6.35. The minimum absolute atomic E-state index is 0.119. The molecule has 0 bridgehead atoms. The van der Waals surface area contributed by atoms with Gasteiger partial charge in [-0.1, -0.05) is 6.07 Å². The van der Waals surface area contributed by atoms with Gasteiger partial charge in [-0.3, -0.25) is 0 Å². The minimum atomic E-state index is -4.86. The summed E-state index contributed by atoms with van der Waals surface area (Å²) < 4.78 is 83.5. The van der Waals surface area contributed by atoms with Gasteiger partial charge in [0.05, 0.1) is 29.9 Å². The van der Waals surface area contributed by atoms with Gasteiger partial charge >= 0.3 is 12.4 Å². The second kappa shape index (κ2) is 7.81. The topological polar surface area (TPSA) is 21.3 Å². The molecule has 27 heavy (non-hydrogen) atoms. The molecule has 148 valence electrons. The van der Waals surface area contributed by atoms with Gasteiger partial charge < -0.3 is 10.1 Å². The van der Waals surface area contributed by atoms with Gasteiger partial charge in [-0.05, 0) is 54.6 Å². The van der Waals surface area contributed by atoms with Crippen molar-refractivity contribution in [2.24, 2.45) is 0 Å². The summed E-state index contributed by atoms with van der Waals surface area (Å²) in [4.78, 5) is 1.03. The van der Waals surface area contributed by atoms with Crippen LogP contribution in [0.3, 0.4) is 0 Å². The number of hydrogen-bond donors (Lipinski definition) is 1. The molecule has 9 heteroatoms. The molecule has 1 fully saturated rings. The van der Waals surface area contributed by atoms with E-state index in [1.54, 1.807) is 0 Å². The van der Waals surface area contributed by atoms with Gasteiger partial charge in [-0.15, -0.1) is 11.3 Å². The zero-order valence-electron chi connectivity index (χ0n) is 14.0. The molecule has 1 aromatic carbocycles. The van der Waals surface area contributed by atoms with E-state index in [0.717, 1.165) is 17.8 Å². The molecule has 3 rings (SSSR count). The Balaban J connectivity index is 1.80. The van der Waals surface area contributed by atoms with E-state index in [1.165, 1.54) is 11.3 Å². The zero-order valence-corrected chi connectivity index (χ0v) is 14.8. The van der Waals surface area contributed by atoms with E-state index < -0.39 is 23.5 Å². The van der Waals surface area contributed by atoms with E-state index in [2.05, 4.69) is 5.32 Å². The molecule has 0 aliphatic carbocycles. The number of halogens is 6. The lowest BCUT2D eigenvalue weighted by Gasteiger charge is -2.32. The Labute approximate surface area is 156 Å². The van der Waals surface area contributed by atoms with Crippen LogP contribution < -0.4 is 5.32 Å². The highest BCUT2D eigenvalue weighted by atomic mass is 32.1. The number of benzene rings is 1. The maximum atomic E-state index is 13.0. The first-order valence-corrected chi connectivity index (χ1v) is 9.19. The molecule has 1 aromatic heterocycles. The normalized spacial score (nSPS) is 21.4. The summed E-state index contributed by atoms with van der Waals surface area (Å²) >= 11 is 1.53. The standard InChI is InChI=1S/C18H17F6NOS/c19-17(20,21)12-7-11(8-13(9-12)18(22,23)24)10-26-14-3-1-5-25-16(14)15-4-2-6-27-15/h2,4,6-9,14,16,25H,1,3,5,10H2/t14-,16+/m1/s1. The summed E-state index contributed by atoms with van der Waals surface area (Å²) in [6.45, 7) is 0.464. The molecule has 1 saturated heterocycles. The Hall–Kier alpha value is -1.58. The van der Waals surface area contributed by atoms with E-state index in [1.807, 2.05) is 17.5 Å². The third-order valence-electron chi connectivity index (χ3n) is 4.36. The highest BCUT2D eigenvalue weighted by Crippen LogP contribution is 2.37. The summed E-state index contributed by atoms with van der Waals surface area (Å²) in [5.41, 5.74) is -2.80. The van der Waals surface area contributed by atoms with Gasteiger partial charge in [0.15, 0.2) is 0 Å². The van der Waals surface area contributed by atoms with Crippen molar-refractivity contribution in [1.29, 1.82) is 0 Å². The molecule has 0 amide bonds. The third-order valence-corrected chi connectivity index (χ3v) is 5.32. The lowest BCUT2D eigenvalue weighted by molar-refractivity contribution is -0.143. The van der Waals surface area contributed by atoms with Crippen LogP contribution >= 0.6 is 11.3 Å². The Bertz CT molecular complexity index is 724. The number of rotatable bonds is 4. The number of hydrogen-bond acceptors (Lipinski definition) is 3. The van der Waals surface area contributed by atoms with Crippen molar-refractivity contribution in [3.63, 3.8) is 0 Å². The summed E-state index contributed by atoms with van der Waals surface area (Å²) in [5.74, 6) is 0. The summed E-state index contributed by atoms with van der Waals surface area (Å²) in [7, 11) is 0. The Morgan fingerprint density at radius 3 is 2.26 bits per heavy atom. The van der Waals surface area contributed by atoms with Crippen LogP contribution in [0, 0.1) is 0 Å². The largest absolute Gasteiger partial charge is 0.416 e. The van der Waals surface area contributed by atoms with Crippen molar-refractivity contribution in [3.05, 3.63) is 57.3 Å². The maximum absolute atomic E-state index is 13.0. The molecule has 1 N–H and O–H groups in total. The van der Waals surface area contributed by atoms with Crippen molar-refractivity contribution in [2.45, 2.75) is 43.9 Å². The molecule has 1 aliphatic heterocycles. The van der Waals surface area contributed by atoms with Gasteiger partial charge in [0.25, 0.3) is 0 Å². The molecule has 0 saturated carbocycles. The van der Waals surface area contributed by atoms with Crippen LogP contribution in [-0.2, 0) is 23.7 Å². The lowest BCUT2D eigenvalue weighted by Crippen LogP contribution is -2.38. The fourth-order valence-corrected chi connectivity index (χ4v) is 3.95. The first-order valence-electron chi connectivity index (χ1n) is 8.31. The summed E-state index contributed by atoms with van der Waals surface area (Å²) in [6.07, 6.45) is -8.53. The highest BCUT2D eigenvalue weighted by molar-refractivity contribution is 7.10. The predicted molar refractivity (Wildman–Crippen MR) is 89.3 cm³/mol. The number of thiophene rings is 1. The fraction of sp³-hybridized carbons (Fsp3) is 0.444. The number of nitrogens with one attached hydrogen (secondary N) is 1. The Morgan fingerprint density at radius 2 is 1.70 bits per heavy atom. The molecule has 2 heterocycles. The molecule has 0 radical (unpaired) electrons. The molecule has 0 unspecified atom stereocenters. The number of ether oxygens (including phenoxy) is 1. The van der Waals surface area contributed by atoms with Crippen LogP contribution in [0.5, 0.6) is 0 Å². The van der Waals surface area contributed by atoms with Crippen LogP contribution in [-0.4, -0.2) is 12.6 Å². The van der Waals surface area contributed by atoms with Gasteiger partial charge in [-0.25, -0.2) is 0 Å². The predicted octanol–water partition coefficient (Wildman–Crippen LogP) is 5.80. The SMILES string of the molecule is FC(F)(F)c1cc(CO[C@@H]2CCCN[C@@H]2c2cccs2)cc(C(F)(F)F)c1.